The van der Waals surface area contributed by atoms with Gasteiger partial charge in [0.1, 0.15) is 12.2 Å². The van der Waals surface area contributed by atoms with E-state index in [1.165, 1.54) is 6.33 Å². The number of aryl methyl sites for hydroxylation is 1. The largest absolute Gasteiger partial charge is 0.338 e. The second-order valence-electron chi connectivity index (χ2n) is 7.85. The molecule has 1 atom stereocenters. The molecular weight excluding hydrogens is 404 g/mol. The van der Waals surface area contributed by atoms with Crippen LogP contribution in [0.5, 0.6) is 0 Å². The summed E-state index contributed by atoms with van der Waals surface area (Å²) in [6.07, 6.45) is 8.83. The highest BCUT2D eigenvalue weighted by atomic mass is 16.2. The molecule has 9 heteroatoms. The summed E-state index contributed by atoms with van der Waals surface area (Å²) in [5, 5.41) is 11.2. The monoisotopic (exact) mass is 426 g/mol. The third-order valence-electron chi connectivity index (χ3n) is 5.73. The smallest absolute Gasteiger partial charge is 0.253 e. The van der Waals surface area contributed by atoms with Gasteiger partial charge in [-0.1, -0.05) is 6.07 Å². The number of carbonyl (C=O) groups excluding carboxylic acids is 1. The van der Waals surface area contributed by atoms with Gasteiger partial charge >= 0.3 is 0 Å². The fourth-order valence-electron chi connectivity index (χ4n) is 4.18. The first-order chi connectivity index (χ1) is 15.7. The second-order valence-corrected chi connectivity index (χ2v) is 7.85. The van der Waals surface area contributed by atoms with E-state index in [-0.39, 0.29) is 11.8 Å². The van der Waals surface area contributed by atoms with E-state index in [1.807, 2.05) is 54.4 Å². The molecule has 0 N–H and O–H groups in total. The zero-order valence-electron chi connectivity index (χ0n) is 17.7. The van der Waals surface area contributed by atoms with Gasteiger partial charge in [-0.15, -0.1) is 5.10 Å². The Morgan fingerprint density at radius 1 is 1.16 bits per heavy atom. The lowest BCUT2D eigenvalue weighted by atomic mass is 9.89. The number of aromatic nitrogens is 7. The Hall–Kier alpha value is -4.01. The van der Waals surface area contributed by atoms with E-state index in [2.05, 4.69) is 25.5 Å². The second kappa shape index (κ2) is 8.62. The Balaban J connectivity index is 1.42. The van der Waals surface area contributed by atoms with Crippen molar-refractivity contribution in [1.82, 2.24) is 40.1 Å². The van der Waals surface area contributed by atoms with Crippen LogP contribution in [0.4, 0.5) is 0 Å². The summed E-state index contributed by atoms with van der Waals surface area (Å²) in [5.41, 5.74) is 4.39. The molecule has 0 aliphatic carbocycles. The number of amides is 1. The fraction of sp³-hybridized carbons (Fsp3) is 0.261. The first kappa shape index (κ1) is 19.9. The third-order valence-corrected chi connectivity index (χ3v) is 5.73. The van der Waals surface area contributed by atoms with Gasteiger partial charge in [0.05, 0.1) is 11.4 Å². The van der Waals surface area contributed by atoms with Crippen LogP contribution in [0.2, 0.25) is 0 Å². The van der Waals surface area contributed by atoms with Gasteiger partial charge in [-0.05, 0) is 66.1 Å². The van der Waals surface area contributed by atoms with Crippen LogP contribution in [-0.2, 0) is 0 Å². The number of hydrogen-bond acceptors (Lipinski definition) is 7. The molecule has 1 saturated heterocycles. The minimum Gasteiger partial charge on any atom is -0.338 e. The number of benzene rings is 1. The van der Waals surface area contributed by atoms with Crippen molar-refractivity contribution in [1.29, 1.82) is 0 Å². The van der Waals surface area contributed by atoms with Crippen molar-refractivity contribution >= 4 is 5.91 Å². The van der Waals surface area contributed by atoms with Gasteiger partial charge in [-0.25, -0.2) is 14.6 Å². The molecule has 1 aliphatic rings. The minimum absolute atomic E-state index is 0.000800. The SMILES string of the molecule is Cc1ncc(-c2ccncc2)c([C@H]2CCCN(C(=O)c3cccc(-n4cnnn4)c3)C2)n1. The number of rotatable bonds is 4. The summed E-state index contributed by atoms with van der Waals surface area (Å²) in [4.78, 5) is 28.6. The maximum Gasteiger partial charge on any atom is 0.253 e. The molecule has 5 rings (SSSR count). The number of carbonyl (C=O) groups is 1. The van der Waals surface area contributed by atoms with Crippen LogP contribution >= 0.6 is 0 Å². The Bertz CT molecular complexity index is 1230. The highest BCUT2D eigenvalue weighted by molar-refractivity contribution is 5.95. The van der Waals surface area contributed by atoms with Crippen molar-refractivity contribution in [2.75, 3.05) is 13.1 Å². The molecule has 9 nitrogen and oxygen atoms in total. The summed E-state index contributed by atoms with van der Waals surface area (Å²) in [6.45, 7) is 3.23. The van der Waals surface area contributed by atoms with Crippen LogP contribution < -0.4 is 0 Å². The lowest BCUT2D eigenvalue weighted by Crippen LogP contribution is -2.39. The molecule has 1 aliphatic heterocycles. The molecule has 1 fully saturated rings. The number of hydrogen-bond donors (Lipinski definition) is 0. The topological polar surface area (TPSA) is 103 Å². The molecule has 3 aromatic heterocycles. The molecule has 160 valence electrons. The molecule has 0 spiro atoms. The summed E-state index contributed by atoms with van der Waals surface area (Å²) in [7, 11) is 0. The minimum atomic E-state index is 0.000800. The lowest BCUT2D eigenvalue weighted by Gasteiger charge is -2.33. The first-order valence-electron chi connectivity index (χ1n) is 10.6. The van der Waals surface area contributed by atoms with E-state index in [0.717, 1.165) is 47.7 Å². The molecule has 0 unspecified atom stereocenters. The molecule has 32 heavy (non-hydrogen) atoms. The van der Waals surface area contributed by atoms with Crippen molar-refractivity contribution in [3.05, 3.63) is 78.4 Å². The van der Waals surface area contributed by atoms with Crippen LogP contribution in [0.15, 0.2) is 61.3 Å². The van der Waals surface area contributed by atoms with Crippen molar-refractivity contribution in [3.63, 3.8) is 0 Å². The van der Waals surface area contributed by atoms with Crippen molar-refractivity contribution < 1.29 is 4.79 Å². The van der Waals surface area contributed by atoms with E-state index >= 15 is 0 Å². The zero-order valence-corrected chi connectivity index (χ0v) is 17.7. The maximum atomic E-state index is 13.3. The Morgan fingerprint density at radius 2 is 2.03 bits per heavy atom. The van der Waals surface area contributed by atoms with E-state index in [1.54, 1.807) is 17.1 Å². The number of likely N-dealkylation sites (tertiary alicyclic amines) is 1. The Labute approximate surface area is 185 Å². The Morgan fingerprint density at radius 3 is 2.84 bits per heavy atom. The molecular formula is C23H22N8O. The Kier molecular flexibility index (Phi) is 5.37. The molecule has 1 aromatic carbocycles. The normalized spacial score (nSPS) is 16.2. The van der Waals surface area contributed by atoms with E-state index in [0.29, 0.717) is 12.1 Å². The number of pyridine rings is 1. The van der Waals surface area contributed by atoms with Crippen LogP contribution in [0.1, 0.15) is 40.6 Å². The van der Waals surface area contributed by atoms with E-state index in [9.17, 15) is 4.79 Å². The average Bonchev–Trinajstić information content (AvgIpc) is 3.39. The van der Waals surface area contributed by atoms with Crippen molar-refractivity contribution in [2.45, 2.75) is 25.7 Å². The van der Waals surface area contributed by atoms with E-state index in [4.69, 9.17) is 4.98 Å². The van der Waals surface area contributed by atoms with E-state index < -0.39 is 0 Å². The molecule has 0 bridgehead atoms. The highest BCUT2D eigenvalue weighted by Gasteiger charge is 2.28. The van der Waals surface area contributed by atoms with Gasteiger partial charge in [0, 0.05) is 48.7 Å². The molecule has 0 radical (unpaired) electrons. The third kappa shape index (κ3) is 3.96. The van der Waals surface area contributed by atoms with Gasteiger partial charge in [0.2, 0.25) is 0 Å². The number of nitrogens with zero attached hydrogens (tertiary/aromatic N) is 8. The van der Waals surface area contributed by atoms with Crippen LogP contribution in [0.3, 0.4) is 0 Å². The van der Waals surface area contributed by atoms with Crippen LogP contribution in [-0.4, -0.2) is 59.1 Å². The predicted molar refractivity (Wildman–Crippen MR) is 117 cm³/mol. The molecule has 0 saturated carbocycles. The summed E-state index contributed by atoms with van der Waals surface area (Å²) in [5.74, 6) is 0.872. The van der Waals surface area contributed by atoms with Gasteiger partial charge in [-0.3, -0.25) is 9.78 Å². The molecule has 4 heterocycles. The molecule has 4 aromatic rings. The van der Waals surface area contributed by atoms with Gasteiger partial charge in [0.25, 0.3) is 5.91 Å². The quantitative estimate of drug-likeness (QED) is 0.494. The summed E-state index contributed by atoms with van der Waals surface area (Å²) < 4.78 is 1.54. The number of piperidine rings is 1. The van der Waals surface area contributed by atoms with Crippen LogP contribution in [0, 0.1) is 6.92 Å². The zero-order chi connectivity index (χ0) is 21.9. The standard InChI is InChI=1S/C23H22N8O/c1-16-25-13-21(17-7-9-24-10-8-17)22(27-16)19-5-3-11-30(14-19)23(32)18-4-2-6-20(12-18)31-15-26-28-29-31/h2,4,6-10,12-13,15,19H,3,5,11,14H2,1H3/t19-/m0/s1. The number of tetrazole rings is 1. The maximum absolute atomic E-state index is 13.3. The predicted octanol–water partition coefficient (Wildman–Crippen LogP) is 2.84. The average molecular weight is 426 g/mol. The van der Waals surface area contributed by atoms with Gasteiger partial charge < -0.3 is 4.90 Å². The van der Waals surface area contributed by atoms with Gasteiger partial charge in [-0.2, -0.15) is 0 Å². The van der Waals surface area contributed by atoms with Crippen LogP contribution in [0.25, 0.3) is 16.8 Å². The lowest BCUT2D eigenvalue weighted by molar-refractivity contribution is 0.0706. The van der Waals surface area contributed by atoms with Crippen molar-refractivity contribution in [2.24, 2.45) is 0 Å². The highest BCUT2D eigenvalue weighted by Crippen LogP contribution is 2.33. The van der Waals surface area contributed by atoms with Gasteiger partial charge in [0.15, 0.2) is 0 Å². The summed E-state index contributed by atoms with van der Waals surface area (Å²) >= 11 is 0. The fourth-order valence-corrected chi connectivity index (χ4v) is 4.18. The molecule has 1 amide bonds. The summed E-state index contributed by atoms with van der Waals surface area (Å²) in [6, 6.07) is 11.3. The van der Waals surface area contributed by atoms with Crippen molar-refractivity contribution in [3.8, 4) is 16.8 Å². The first-order valence-corrected chi connectivity index (χ1v) is 10.6.